The second kappa shape index (κ2) is 21.4. The van der Waals surface area contributed by atoms with Crippen LogP contribution in [0.5, 0.6) is 0 Å². The van der Waals surface area contributed by atoms with Gasteiger partial charge in [0.2, 0.25) is 0 Å². The Balaban J connectivity index is 3.92. The van der Waals surface area contributed by atoms with E-state index in [-0.39, 0.29) is 25.2 Å². The Morgan fingerprint density at radius 2 is 0.968 bits per heavy atom. The van der Waals surface area contributed by atoms with Crippen molar-refractivity contribution in [3.8, 4) is 0 Å². The predicted octanol–water partition coefficient (Wildman–Crippen LogP) is 6.42. The predicted molar refractivity (Wildman–Crippen MR) is 120 cm³/mol. The van der Waals surface area contributed by atoms with E-state index in [0.717, 1.165) is 38.5 Å². The first-order valence-corrected chi connectivity index (χ1v) is 12.2. The minimum absolute atomic E-state index is 0.244. The van der Waals surface area contributed by atoms with Gasteiger partial charge in [-0.05, 0) is 12.8 Å². The average molecular weight is 445 g/mol. The molecule has 0 atom stereocenters. The summed E-state index contributed by atoms with van der Waals surface area (Å²) in [7, 11) is 0. The first kappa shape index (κ1) is 29.2. The van der Waals surface area contributed by atoms with E-state index in [9.17, 15) is 14.4 Å². The lowest BCUT2D eigenvalue weighted by atomic mass is 10.1. The van der Waals surface area contributed by atoms with E-state index >= 15 is 0 Å². The summed E-state index contributed by atoms with van der Waals surface area (Å²) in [6.07, 6.45) is 13.5. The van der Waals surface area contributed by atoms with E-state index in [2.05, 4.69) is 18.6 Å². The summed E-state index contributed by atoms with van der Waals surface area (Å²) < 4.78 is 14.9. The van der Waals surface area contributed by atoms with E-state index in [1.54, 1.807) is 0 Å². The molecule has 1 N–H and O–H groups in total. The molecule has 0 heterocycles. The molecule has 0 aliphatic carbocycles. The van der Waals surface area contributed by atoms with Crippen LogP contribution in [-0.2, 0) is 23.8 Å². The van der Waals surface area contributed by atoms with Crippen LogP contribution in [0.15, 0.2) is 0 Å². The van der Waals surface area contributed by atoms with Gasteiger partial charge in [-0.2, -0.15) is 0 Å². The fourth-order valence-corrected chi connectivity index (χ4v) is 3.23. The molecule has 0 aromatic rings. The third-order valence-electron chi connectivity index (χ3n) is 5.10. The van der Waals surface area contributed by atoms with Gasteiger partial charge in [0.15, 0.2) is 6.10 Å². The lowest BCUT2D eigenvalue weighted by Gasteiger charge is -2.16. The summed E-state index contributed by atoms with van der Waals surface area (Å²) in [6.45, 7) is 3.86. The van der Waals surface area contributed by atoms with Crippen LogP contribution in [0.2, 0.25) is 0 Å². The highest BCUT2D eigenvalue weighted by Crippen LogP contribution is 2.10. The molecule has 0 saturated carbocycles. The van der Waals surface area contributed by atoms with Gasteiger partial charge in [0, 0.05) is 12.8 Å². The maximum atomic E-state index is 11.8. The smallest absolute Gasteiger partial charge is 0.462 e. The molecule has 7 nitrogen and oxygen atoms in total. The Morgan fingerprint density at radius 3 is 1.32 bits per heavy atom. The van der Waals surface area contributed by atoms with Crippen LogP contribution in [0.4, 0.5) is 4.79 Å². The Labute approximate surface area is 188 Å². The van der Waals surface area contributed by atoms with Crippen molar-refractivity contribution in [2.24, 2.45) is 0 Å². The van der Waals surface area contributed by atoms with E-state index < -0.39 is 12.3 Å². The Morgan fingerprint density at radius 1 is 0.613 bits per heavy atom. The third-order valence-corrected chi connectivity index (χ3v) is 5.10. The van der Waals surface area contributed by atoms with Crippen LogP contribution < -0.4 is 0 Å². The van der Waals surface area contributed by atoms with Gasteiger partial charge in [0.1, 0.15) is 13.2 Å². The molecule has 0 radical (unpaired) electrons. The van der Waals surface area contributed by atoms with Gasteiger partial charge in [-0.25, -0.2) is 4.79 Å². The van der Waals surface area contributed by atoms with Crippen LogP contribution >= 0.6 is 0 Å². The molecule has 0 rings (SSSR count). The average Bonchev–Trinajstić information content (AvgIpc) is 2.74. The molecule has 0 aliphatic heterocycles. The number of esters is 2. The van der Waals surface area contributed by atoms with Gasteiger partial charge in [0.25, 0.3) is 0 Å². The lowest BCUT2D eigenvalue weighted by Crippen LogP contribution is -2.30. The van der Waals surface area contributed by atoms with Gasteiger partial charge in [0.05, 0.1) is 0 Å². The van der Waals surface area contributed by atoms with Crippen molar-refractivity contribution in [2.45, 2.75) is 123 Å². The molecular formula is C24H44O7. The summed E-state index contributed by atoms with van der Waals surface area (Å²) in [5, 5.41) is 8.84. The SMILES string of the molecule is CCCCCCCCCC(=O)OCC(COC(=O)CCCCCCCCC)OC(=O)O. The summed E-state index contributed by atoms with van der Waals surface area (Å²) in [6, 6.07) is 0. The molecule has 0 aliphatic rings. The van der Waals surface area contributed by atoms with Crippen molar-refractivity contribution in [2.75, 3.05) is 13.2 Å². The maximum absolute atomic E-state index is 11.8. The van der Waals surface area contributed by atoms with Crippen LogP contribution in [0.25, 0.3) is 0 Å². The van der Waals surface area contributed by atoms with Crippen molar-refractivity contribution in [3.05, 3.63) is 0 Å². The van der Waals surface area contributed by atoms with Gasteiger partial charge in [-0.15, -0.1) is 0 Å². The van der Waals surface area contributed by atoms with E-state index in [1.807, 2.05) is 0 Å². The van der Waals surface area contributed by atoms with Crippen LogP contribution in [-0.4, -0.2) is 42.5 Å². The Bertz CT molecular complexity index is 431. The molecule has 0 bridgehead atoms. The van der Waals surface area contributed by atoms with Crippen molar-refractivity contribution >= 4 is 18.1 Å². The number of rotatable bonds is 21. The summed E-state index contributed by atoms with van der Waals surface area (Å²) in [5.74, 6) is -0.774. The van der Waals surface area contributed by atoms with Crippen LogP contribution in [0.1, 0.15) is 117 Å². The molecule has 7 heteroatoms. The van der Waals surface area contributed by atoms with Crippen LogP contribution in [0, 0.1) is 0 Å². The summed E-state index contributed by atoms with van der Waals surface area (Å²) >= 11 is 0. The topological polar surface area (TPSA) is 99.1 Å². The number of carboxylic acid groups (broad SMARTS) is 1. The van der Waals surface area contributed by atoms with Crippen molar-refractivity contribution in [1.29, 1.82) is 0 Å². The largest absolute Gasteiger partial charge is 0.506 e. The second-order valence-corrected chi connectivity index (χ2v) is 8.11. The normalized spacial score (nSPS) is 10.8. The Kier molecular flexibility index (Phi) is 20.2. The zero-order valence-corrected chi connectivity index (χ0v) is 19.7. The minimum Gasteiger partial charge on any atom is -0.462 e. The zero-order chi connectivity index (χ0) is 23.2. The van der Waals surface area contributed by atoms with Gasteiger partial charge in [-0.3, -0.25) is 9.59 Å². The van der Waals surface area contributed by atoms with Crippen LogP contribution in [0.3, 0.4) is 0 Å². The summed E-state index contributed by atoms with van der Waals surface area (Å²) in [5.41, 5.74) is 0. The number of unbranched alkanes of at least 4 members (excludes halogenated alkanes) is 12. The highest BCUT2D eigenvalue weighted by Gasteiger charge is 2.19. The highest BCUT2D eigenvalue weighted by atomic mass is 16.7. The van der Waals surface area contributed by atoms with Crippen molar-refractivity contribution < 1.29 is 33.7 Å². The molecule has 0 unspecified atom stereocenters. The van der Waals surface area contributed by atoms with Gasteiger partial charge >= 0.3 is 18.1 Å². The summed E-state index contributed by atoms with van der Waals surface area (Å²) in [4.78, 5) is 34.5. The first-order valence-electron chi connectivity index (χ1n) is 12.2. The monoisotopic (exact) mass is 444 g/mol. The fourth-order valence-electron chi connectivity index (χ4n) is 3.23. The quantitative estimate of drug-likeness (QED) is 0.124. The first-order chi connectivity index (χ1) is 15.0. The standard InChI is InChI=1S/C24H44O7/c1-3-5-7-9-11-13-15-17-22(25)29-19-21(31-24(27)28)20-30-23(26)18-16-14-12-10-8-6-4-2/h21H,3-20H2,1-2H3,(H,27,28). The maximum Gasteiger partial charge on any atom is 0.506 e. The molecule has 0 spiro atoms. The molecule has 182 valence electrons. The second-order valence-electron chi connectivity index (χ2n) is 8.11. The van der Waals surface area contributed by atoms with E-state index in [1.165, 1.54) is 51.4 Å². The van der Waals surface area contributed by atoms with E-state index in [0.29, 0.717) is 12.8 Å². The molecular weight excluding hydrogens is 400 g/mol. The number of carbonyl (C=O) groups is 3. The number of hydrogen-bond acceptors (Lipinski definition) is 6. The molecule has 0 fully saturated rings. The molecule has 0 saturated heterocycles. The molecule has 0 aromatic carbocycles. The highest BCUT2D eigenvalue weighted by molar-refractivity contribution is 5.70. The molecule has 0 aromatic heterocycles. The van der Waals surface area contributed by atoms with Gasteiger partial charge in [-0.1, -0.05) is 90.9 Å². The van der Waals surface area contributed by atoms with Crippen molar-refractivity contribution in [1.82, 2.24) is 0 Å². The molecule has 31 heavy (non-hydrogen) atoms. The Hall–Kier alpha value is -1.79. The van der Waals surface area contributed by atoms with Gasteiger partial charge < -0.3 is 19.3 Å². The number of ether oxygens (including phenoxy) is 3. The van der Waals surface area contributed by atoms with E-state index in [4.69, 9.17) is 14.6 Å². The zero-order valence-electron chi connectivity index (χ0n) is 19.7. The molecule has 0 amide bonds. The fraction of sp³-hybridized carbons (Fsp3) is 0.875. The number of carbonyl (C=O) groups excluding carboxylic acids is 2. The lowest BCUT2D eigenvalue weighted by molar-refractivity contribution is -0.153. The van der Waals surface area contributed by atoms with Crippen molar-refractivity contribution in [3.63, 3.8) is 0 Å². The minimum atomic E-state index is -1.49. The third kappa shape index (κ3) is 21.2. The number of hydrogen-bond donors (Lipinski definition) is 1.